The summed E-state index contributed by atoms with van der Waals surface area (Å²) in [5.74, 6) is 1.98. The molecule has 8 heteroatoms. The van der Waals surface area contributed by atoms with Crippen molar-refractivity contribution in [1.82, 2.24) is 19.8 Å². The summed E-state index contributed by atoms with van der Waals surface area (Å²) < 4.78 is 13.6. The van der Waals surface area contributed by atoms with E-state index in [-0.39, 0.29) is 0 Å². The molecule has 7 nitrogen and oxygen atoms in total. The van der Waals surface area contributed by atoms with Crippen LogP contribution >= 0.6 is 15.9 Å². The fourth-order valence-electron chi connectivity index (χ4n) is 2.87. The molecule has 2 heterocycles. The summed E-state index contributed by atoms with van der Waals surface area (Å²) in [5, 5.41) is 17.9. The lowest BCUT2D eigenvalue weighted by Gasteiger charge is -2.13. The topological polar surface area (TPSA) is 73.6 Å². The van der Waals surface area contributed by atoms with Gasteiger partial charge < -0.3 is 14.8 Å². The second-order valence-corrected chi connectivity index (χ2v) is 6.60. The maximum Gasteiger partial charge on any atom is 0.185 e. The van der Waals surface area contributed by atoms with Crippen molar-refractivity contribution in [3.8, 4) is 11.5 Å². The van der Waals surface area contributed by atoms with E-state index in [2.05, 4.69) is 48.7 Å². The van der Waals surface area contributed by atoms with Crippen LogP contribution in [0.4, 0.5) is 5.82 Å². The van der Waals surface area contributed by atoms with Crippen LogP contribution in [0.15, 0.2) is 47.2 Å². The predicted molar refractivity (Wildman–Crippen MR) is 103 cm³/mol. The third-order valence-electron chi connectivity index (χ3n) is 4.11. The molecule has 0 aliphatic rings. The molecule has 0 aliphatic heterocycles. The number of hydrogen-bond donors (Lipinski definition) is 1. The van der Waals surface area contributed by atoms with E-state index in [1.54, 1.807) is 25.1 Å². The number of aromatic nitrogens is 4. The number of hydrogen-bond acceptors (Lipinski definition) is 6. The standard InChI is InChI=1S/C18H16BrN5O2/c1-25-15-7-13-14(8-16(15)26-2)18-22-21-10-24(18)23-17(13)20-9-11-4-3-5-12(19)6-11/h3-8,10H,9H2,1-2H3,(H,20,23). The largest absolute Gasteiger partial charge is 0.493 e. The highest BCUT2D eigenvalue weighted by atomic mass is 79.9. The van der Waals surface area contributed by atoms with Crippen molar-refractivity contribution in [1.29, 1.82) is 0 Å². The molecule has 26 heavy (non-hydrogen) atoms. The van der Waals surface area contributed by atoms with Crippen LogP contribution in [0, 0.1) is 0 Å². The normalized spacial score (nSPS) is 11.0. The van der Waals surface area contributed by atoms with Gasteiger partial charge in [-0.05, 0) is 29.8 Å². The van der Waals surface area contributed by atoms with E-state index < -0.39 is 0 Å². The second-order valence-electron chi connectivity index (χ2n) is 5.68. The molecular formula is C18H16BrN5O2. The molecule has 0 spiro atoms. The monoisotopic (exact) mass is 413 g/mol. The molecule has 0 radical (unpaired) electrons. The molecule has 0 saturated carbocycles. The van der Waals surface area contributed by atoms with E-state index in [9.17, 15) is 0 Å². The Morgan fingerprint density at radius 2 is 1.85 bits per heavy atom. The maximum atomic E-state index is 5.44. The number of nitrogens with zero attached hydrogens (tertiary/aromatic N) is 4. The van der Waals surface area contributed by atoms with Crippen LogP contribution in [0.5, 0.6) is 11.5 Å². The SMILES string of the molecule is COc1cc2c(NCc3cccc(Br)c3)nn3cnnc3c2cc1OC. The molecule has 2 aromatic heterocycles. The van der Waals surface area contributed by atoms with E-state index in [4.69, 9.17) is 9.47 Å². The van der Waals surface area contributed by atoms with Gasteiger partial charge in [-0.25, -0.2) is 0 Å². The molecule has 0 aliphatic carbocycles. The van der Waals surface area contributed by atoms with E-state index in [1.807, 2.05) is 24.3 Å². The Kier molecular flexibility index (Phi) is 4.34. The minimum atomic E-state index is 0.628. The summed E-state index contributed by atoms with van der Waals surface area (Å²) in [6.45, 7) is 0.628. The van der Waals surface area contributed by atoms with Gasteiger partial charge in [-0.1, -0.05) is 28.1 Å². The quantitative estimate of drug-likeness (QED) is 0.537. The molecule has 0 unspecified atom stereocenters. The molecule has 0 atom stereocenters. The first-order valence-corrected chi connectivity index (χ1v) is 8.73. The highest BCUT2D eigenvalue weighted by molar-refractivity contribution is 9.10. The number of benzene rings is 2. The minimum absolute atomic E-state index is 0.628. The van der Waals surface area contributed by atoms with Gasteiger partial charge in [0.1, 0.15) is 6.33 Å². The zero-order chi connectivity index (χ0) is 18.1. The smallest absolute Gasteiger partial charge is 0.185 e. The molecule has 2 aromatic carbocycles. The van der Waals surface area contributed by atoms with E-state index in [0.717, 1.165) is 20.8 Å². The number of anilines is 1. The van der Waals surface area contributed by atoms with Gasteiger partial charge in [-0.15, -0.1) is 15.3 Å². The molecule has 0 saturated heterocycles. The molecule has 132 valence electrons. The number of fused-ring (bicyclic) bond motifs is 3. The first kappa shape index (κ1) is 16.6. The fraction of sp³-hybridized carbons (Fsp3) is 0.167. The van der Waals surface area contributed by atoms with E-state index >= 15 is 0 Å². The van der Waals surface area contributed by atoms with Crippen molar-refractivity contribution in [3.05, 3.63) is 52.8 Å². The van der Waals surface area contributed by atoms with Gasteiger partial charge in [0.25, 0.3) is 0 Å². The first-order valence-electron chi connectivity index (χ1n) is 7.93. The van der Waals surface area contributed by atoms with Crippen molar-refractivity contribution in [3.63, 3.8) is 0 Å². The minimum Gasteiger partial charge on any atom is -0.493 e. The molecule has 4 aromatic rings. The van der Waals surface area contributed by atoms with Crippen LogP contribution in [0.3, 0.4) is 0 Å². The fourth-order valence-corrected chi connectivity index (χ4v) is 3.31. The third-order valence-corrected chi connectivity index (χ3v) is 4.60. The van der Waals surface area contributed by atoms with Crippen LogP contribution in [-0.2, 0) is 6.54 Å². The van der Waals surface area contributed by atoms with Crippen LogP contribution in [0.2, 0.25) is 0 Å². The van der Waals surface area contributed by atoms with Gasteiger partial charge in [0, 0.05) is 21.8 Å². The average molecular weight is 414 g/mol. The molecule has 0 bridgehead atoms. The zero-order valence-electron chi connectivity index (χ0n) is 14.2. The molecular weight excluding hydrogens is 398 g/mol. The van der Waals surface area contributed by atoms with Gasteiger partial charge in [0.05, 0.1) is 14.2 Å². The number of halogens is 1. The molecule has 1 N–H and O–H groups in total. The van der Waals surface area contributed by atoms with Gasteiger partial charge in [-0.2, -0.15) is 4.52 Å². The molecule has 0 amide bonds. The van der Waals surface area contributed by atoms with Crippen LogP contribution < -0.4 is 14.8 Å². The molecule has 4 rings (SSSR count). The van der Waals surface area contributed by atoms with Gasteiger partial charge in [0.2, 0.25) is 0 Å². The van der Waals surface area contributed by atoms with Crippen molar-refractivity contribution in [2.24, 2.45) is 0 Å². The summed E-state index contributed by atoms with van der Waals surface area (Å²) in [7, 11) is 3.22. The number of rotatable bonds is 5. The van der Waals surface area contributed by atoms with E-state index in [0.29, 0.717) is 29.5 Å². The number of nitrogens with one attached hydrogen (secondary N) is 1. The Hall–Kier alpha value is -2.87. The number of ether oxygens (including phenoxy) is 2. The molecule has 0 fully saturated rings. The van der Waals surface area contributed by atoms with Crippen molar-refractivity contribution in [2.45, 2.75) is 6.54 Å². The van der Waals surface area contributed by atoms with Crippen LogP contribution in [0.1, 0.15) is 5.56 Å². The Bertz CT molecular complexity index is 1100. The summed E-state index contributed by atoms with van der Waals surface area (Å²) in [4.78, 5) is 0. The van der Waals surface area contributed by atoms with Crippen molar-refractivity contribution < 1.29 is 9.47 Å². The van der Waals surface area contributed by atoms with Gasteiger partial charge in [-0.3, -0.25) is 0 Å². The van der Waals surface area contributed by atoms with Crippen LogP contribution in [0.25, 0.3) is 16.4 Å². The summed E-state index contributed by atoms with van der Waals surface area (Å²) in [6.07, 6.45) is 1.58. The lowest BCUT2D eigenvalue weighted by molar-refractivity contribution is 0.356. The highest BCUT2D eigenvalue weighted by Gasteiger charge is 2.15. The lowest BCUT2D eigenvalue weighted by atomic mass is 10.1. The van der Waals surface area contributed by atoms with Gasteiger partial charge >= 0.3 is 0 Å². The highest BCUT2D eigenvalue weighted by Crippen LogP contribution is 2.36. The maximum absolute atomic E-state index is 5.44. The van der Waals surface area contributed by atoms with Crippen molar-refractivity contribution >= 4 is 38.2 Å². The summed E-state index contributed by atoms with van der Waals surface area (Å²) >= 11 is 3.50. The number of methoxy groups -OCH3 is 2. The predicted octanol–water partition coefficient (Wildman–Crippen LogP) is 3.67. The Morgan fingerprint density at radius 3 is 2.58 bits per heavy atom. The zero-order valence-corrected chi connectivity index (χ0v) is 15.8. The second kappa shape index (κ2) is 6.80. The van der Waals surface area contributed by atoms with Crippen LogP contribution in [-0.4, -0.2) is 34.0 Å². The lowest BCUT2D eigenvalue weighted by Crippen LogP contribution is -2.06. The Morgan fingerprint density at radius 1 is 1.08 bits per heavy atom. The van der Waals surface area contributed by atoms with Crippen molar-refractivity contribution in [2.75, 3.05) is 19.5 Å². The van der Waals surface area contributed by atoms with Gasteiger partial charge in [0.15, 0.2) is 23.0 Å². The average Bonchev–Trinajstić information content (AvgIpc) is 3.13. The third kappa shape index (κ3) is 2.92. The van der Waals surface area contributed by atoms with E-state index in [1.165, 1.54) is 0 Å². The summed E-state index contributed by atoms with van der Waals surface area (Å²) in [5.41, 5.74) is 1.80. The Labute approximate surface area is 158 Å². The Balaban J connectivity index is 1.83. The first-order chi connectivity index (χ1) is 12.7. The summed E-state index contributed by atoms with van der Waals surface area (Å²) in [6, 6.07) is 11.9.